The lowest BCUT2D eigenvalue weighted by Gasteiger charge is -2.32. The highest BCUT2D eigenvalue weighted by atomic mass is 16.2. The van der Waals surface area contributed by atoms with E-state index < -0.39 is 0 Å². The van der Waals surface area contributed by atoms with Crippen molar-refractivity contribution >= 4 is 17.6 Å². The second kappa shape index (κ2) is 11.5. The molecule has 2 aliphatic rings. The molecule has 34 heavy (non-hydrogen) atoms. The van der Waals surface area contributed by atoms with Gasteiger partial charge in [0.2, 0.25) is 5.91 Å². The van der Waals surface area contributed by atoms with Crippen LogP contribution in [0.25, 0.3) is 0 Å². The van der Waals surface area contributed by atoms with Crippen LogP contribution in [0.15, 0.2) is 36.5 Å². The minimum atomic E-state index is 0.119. The largest absolute Gasteiger partial charge is 0.367 e. The van der Waals surface area contributed by atoms with Gasteiger partial charge < -0.3 is 20.4 Å². The van der Waals surface area contributed by atoms with E-state index in [2.05, 4.69) is 39.9 Å². The zero-order valence-corrected chi connectivity index (χ0v) is 20.5. The zero-order valence-electron chi connectivity index (χ0n) is 20.5. The van der Waals surface area contributed by atoms with Crippen molar-refractivity contribution < 1.29 is 9.59 Å². The third-order valence-corrected chi connectivity index (χ3v) is 7.06. The Kier molecular flexibility index (Phi) is 8.16. The molecule has 1 fully saturated rings. The van der Waals surface area contributed by atoms with Crippen molar-refractivity contribution in [2.45, 2.75) is 58.0 Å². The molecule has 2 aromatic rings. The monoisotopic (exact) mass is 463 g/mol. The smallest absolute Gasteiger partial charge is 0.254 e. The average molecular weight is 464 g/mol. The van der Waals surface area contributed by atoms with Crippen LogP contribution in [0.3, 0.4) is 0 Å². The van der Waals surface area contributed by atoms with Crippen LogP contribution >= 0.6 is 0 Å². The van der Waals surface area contributed by atoms with Gasteiger partial charge in [-0.15, -0.1) is 0 Å². The Bertz CT molecular complexity index is 1000. The highest BCUT2D eigenvalue weighted by Crippen LogP contribution is 2.23. The Morgan fingerprint density at radius 3 is 2.62 bits per heavy atom. The van der Waals surface area contributed by atoms with E-state index >= 15 is 0 Å². The zero-order chi connectivity index (χ0) is 23.9. The second-order valence-corrected chi connectivity index (χ2v) is 9.45. The molecular weight excluding hydrogens is 426 g/mol. The fraction of sp³-hybridized carbons (Fsp3) is 0.519. The first-order valence-electron chi connectivity index (χ1n) is 12.6. The molecule has 0 bridgehead atoms. The van der Waals surface area contributed by atoms with Crippen LogP contribution in [-0.2, 0) is 24.2 Å². The van der Waals surface area contributed by atoms with Crippen molar-refractivity contribution in [3.05, 3.63) is 58.8 Å². The third-order valence-electron chi connectivity index (χ3n) is 7.06. The number of rotatable bonds is 9. The van der Waals surface area contributed by atoms with Crippen LogP contribution < -0.4 is 10.6 Å². The fourth-order valence-corrected chi connectivity index (χ4v) is 5.03. The van der Waals surface area contributed by atoms with Crippen LogP contribution in [0.5, 0.6) is 0 Å². The normalized spacial score (nSPS) is 16.5. The van der Waals surface area contributed by atoms with E-state index in [4.69, 9.17) is 0 Å². The molecule has 1 aromatic heterocycles. The number of benzene rings is 1. The summed E-state index contributed by atoms with van der Waals surface area (Å²) in [6, 6.07) is 10.8. The Labute approximate surface area is 202 Å². The SMILES string of the molecule is CNCc1ccccc1CCCCN1CCc2cnc(NC3CCN(C(C)=O)CC3)cc2C1=O. The van der Waals surface area contributed by atoms with E-state index in [1.807, 2.05) is 29.1 Å². The van der Waals surface area contributed by atoms with E-state index in [0.29, 0.717) is 0 Å². The fourth-order valence-electron chi connectivity index (χ4n) is 5.03. The van der Waals surface area contributed by atoms with Crippen LogP contribution in [0.4, 0.5) is 5.82 Å². The first-order chi connectivity index (χ1) is 16.5. The van der Waals surface area contributed by atoms with Gasteiger partial charge in [0, 0.05) is 57.4 Å². The summed E-state index contributed by atoms with van der Waals surface area (Å²) in [7, 11) is 1.98. The third kappa shape index (κ3) is 5.95. The van der Waals surface area contributed by atoms with E-state index in [1.165, 1.54) is 11.1 Å². The molecule has 0 saturated carbocycles. The molecule has 1 aromatic carbocycles. The van der Waals surface area contributed by atoms with Gasteiger partial charge >= 0.3 is 0 Å². The number of unbranched alkanes of at least 4 members (excludes halogenated alkanes) is 1. The molecule has 0 radical (unpaired) electrons. The van der Waals surface area contributed by atoms with Gasteiger partial charge in [-0.2, -0.15) is 0 Å². The molecule has 0 aliphatic carbocycles. The molecule has 0 atom stereocenters. The van der Waals surface area contributed by atoms with Gasteiger partial charge in [0.25, 0.3) is 5.91 Å². The first-order valence-corrected chi connectivity index (χ1v) is 12.6. The number of nitrogens with zero attached hydrogens (tertiary/aromatic N) is 3. The average Bonchev–Trinajstić information content (AvgIpc) is 2.85. The number of hydrogen-bond acceptors (Lipinski definition) is 5. The van der Waals surface area contributed by atoms with Crippen LogP contribution in [0.1, 0.15) is 59.7 Å². The number of fused-ring (bicyclic) bond motifs is 1. The number of pyridine rings is 1. The maximum atomic E-state index is 13.2. The van der Waals surface area contributed by atoms with Crippen molar-refractivity contribution in [3.63, 3.8) is 0 Å². The topological polar surface area (TPSA) is 77.6 Å². The van der Waals surface area contributed by atoms with E-state index in [1.54, 1.807) is 6.92 Å². The molecule has 7 nitrogen and oxygen atoms in total. The van der Waals surface area contributed by atoms with Crippen molar-refractivity contribution in [2.24, 2.45) is 0 Å². The van der Waals surface area contributed by atoms with Gasteiger partial charge in [-0.1, -0.05) is 24.3 Å². The summed E-state index contributed by atoms with van der Waals surface area (Å²) in [4.78, 5) is 33.2. The first kappa shape index (κ1) is 24.2. The Morgan fingerprint density at radius 1 is 1.12 bits per heavy atom. The number of likely N-dealkylation sites (tertiary alicyclic amines) is 1. The van der Waals surface area contributed by atoms with Crippen LogP contribution in [0, 0.1) is 0 Å². The molecule has 3 heterocycles. The number of carbonyl (C=O) groups is 2. The number of hydrogen-bond donors (Lipinski definition) is 2. The highest BCUT2D eigenvalue weighted by molar-refractivity contribution is 5.97. The quantitative estimate of drug-likeness (QED) is 0.559. The number of piperidine rings is 1. The van der Waals surface area contributed by atoms with Gasteiger partial charge in [0.15, 0.2) is 0 Å². The summed E-state index contributed by atoms with van der Waals surface area (Å²) < 4.78 is 0. The number of aryl methyl sites for hydroxylation is 1. The molecule has 2 amide bonds. The molecule has 7 heteroatoms. The highest BCUT2D eigenvalue weighted by Gasteiger charge is 2.26. The Hall–Kier alpha value is -2.93. The molecule has 4 rings (SSSR count). The number of aromatic nitrogens is 1. The molecule has 0 unspecified atom stereocenters. The summed E-state index contributed by atoms with van der Waals surface area (Å²) >= 11 is 0. The summed E-state index contributed by atoms with van der Waals surface area (Å²) in [6.45, 7) is 5.60. The Morgan fingerprint density at radius 2 is 1.88 bits per heavy atom. The van der Waals surface area contributed by atoms with Crippen LogP contribution in [0.2, 0.25) is 0 Å². The van der Waals surface area contributed by atoms with E-state index in [9.17, 15) is 9.59 Å². The molecular formula is C27H37N5O2. The lowest BCUT2D eigenvalue weighted by atomic mass is 9.99. The van der Waals surface area contributed by atoms with Gasteiger partial charge in [-0.25, -0.2) is 4.98 Å². The van der Waals surface area contributed by atoms with Crippen molar-refractivity contribution in [1.29, 1.82) is 0 Å². The van der Waals surface area contributed by atoms with Crippen molar-refractivity contribution in [1.82, 2.24) is 20.1 Å². The molecule has 2 aliphatic heterocycles. The minimum Gasteiger partial charge on any atom is -0.367 e. The van der Waals surface area contributed by atoms with Gasteiger partial charge in [0.1, 0.15) is 5.82 Å². The van der Waals surface area contributed by atoms with E-state index in [-0.39, 0.29) is 17.9 Å². The van der Waals surface area contributed by atoms with Gasteiger partial charge in [-0.3, -0.25) is 9.59 Å². The van der Waals surface area contributed by atoms with Crippen molar-refractivity contribution in [2.75, 3.05) is 38.5 Å². The summed E-state index contributed by atoms with van der Waals surface area (Å²) in [5, 5.41) is 6.73. The lowest BCUT2D eigenvalue weighted by molar-refractivity contribution is -0.129. The summed E-state index contributed by atoms with van der Waals surface area (Å²) in [5.41, 5.74) is 4.57. The maximum absolute atomic E-state index is 13.2. The molecule has 182 valence electrons. The minimum absolute atomic E-state index is 0.119. The lowest BCUT2D eigenvalue weighted by Crippen LogP contribution is -2.41. The number of anilines is 1. The Balaban J connectivity index is 1.29. The maximum Gasteiger partial charge on any atom is 0.254 e. The summed E-state index contributed by atoms with van der Waals surface area (Å²) in [6.07, 6.45) is 7.62. The van der Waals surface area contributed by atoms with Gasteiger partial charge in [0.05, 0.1) is 0 Å². The van der Waals surface area contributed by atoms with E-state index in [0.717, 1.165) is 88.2 Å². The number of nitrogens with one attached hydrogen (secondary N) is 2. The number of carbonyl (C=O) groups excluding carboxylic acids is 2. The molecule has 0 spiro atoms. The van der Waals surface area contributed by atoms with Crippen molar-refractivity contribution in [3.8, 4) is 0 Å². The predicted molar refractivity (Wildman–Crippen MR) is 135 cm³/mol. The van der Waals surface area contributed by atoms with Gasteiger partial charge in [-0.05, 0) is 68.3 Å². The number of amides is 2. The second-order valence-electron chi connectivity index (χ2n) is 9.45. The standard InChI is InChI=1S/C27H37N5O2/c1-20(33)31-15-11-24(12-16-31)30-26-17-25-23(19-29-26)10-14-32(27(25)34)13-6-5-8-21-7-3-4-9-22(21)18-28-2/h3-4,7,9,17,19,24,28H,5-6,8,10-16,18H2,1-2H3,(H,29,30). The molecule has 2 N–H and O–H groups in total. The summed E-state index contributed by atoms with van der Waals surface area (Å²) in [5.74, 6) is 1.02. The molecule has 1 saturated heterocycles. The van der Waals surface area contributed by atoms with Crippen LogP contribution in [-0.4, -0.2) is 65.9 Å². The predicted octanol–water partition coefficient (Wildman–Crippen LogP) is 3.25.